The van der Waals surface area contributed by atoms with Crippen LogP contribution < -0.4 is 4.74 Å². The van der Waals surface area contributed by atoms with Gasteiger partial charge in [0.2, 0.25) is 0 Å². The molecule has 0 N–H and O–H groups in total. The lowest BCUT2D eigenvalue weighted by atomic mass is 10.2. The molecule has 170 valence electrons. The molecular weight excluding hydrogens is 472 g/mol. The molecule has 0 saturated heterocycles. The number of hydrogen-bond donors (Lipinski definition) is 0. The fourth-order valence-electron chi connectivity index (χ4n) is 4.04. The van der Waals surface area contributed by atoms with E-state index in [2.05, 4.69) is 10.2 Å². The summed E-state index contributed by atoms with van der Waals surface area (Å²) < 4.78 is 17.3. The van der Waals surface area contributed by atoms with E-state index in [0.717, 1.165) is 33.8 Å². The number of hydrogen-bond acceptors (Lipinski definition) is 6. The number of fused-ring (bicyclic) bond motifs is 2. The number of ether oxygens (including phenoxy) is 1. The fraction of sp³-hybridized carbons (Fsp3) is 0.125. The Morgan fingerprint density at radius 3 is 2.85 bits per heavy atom. The van der Waals surface area contributed by atoms with Gasteiger partial charge in [0.25, 0.3) is 0 Å². The zero-order chi connectivity index (χ0) is 23.2. The number of furan rings is 1. The Hall–Kier alpha value is -3.69. The highest BCUT2D eigenvalue weighted by molar-refractivity contribution is 7.98. The predicted octanol–water partition coefficient (Wildman–Crippen LogP) is 5.62. The van der Waals surface area contributed by atoms with Crippen molar-refractivity contribution in [1.29, 1.82) is 0 Å². The van der Waals surface area contributed by atoms with Gasteiger partial charge in [-0.25, -0.2) is 4.98 Å². The lowest BCUT2D eigenvalue weighted by Gasteiger charge is -2.14. The number of aryl methyl sites for hydroxylation is 1. The van der Waals surface area contributed by atoms with Crippen molar-refractivity contribution < 1.29 is 9.15 Å². The summed E-state index contributed by atoms with van der Waals surface area (Å²) in [5, 5.41) is 10.4. The van der Waals surface area contributed by atoms with Crippen LogP contribution in [0.15, 0.2) is 76.8 Å². The molecule has 0 aliphatic rings. The smallest absolute Gasteiger partial charge is 0.196 e. The van der Waals surface area contributed by atoms with Gasteiger partial charge >= 0.3 is 0 Å². The van der Waals surface area contributed by atoms with Crippen LogP contribution in [0.25, 0.3) is 34.0 Å². The number of methoxy groups -OCH3 is 1. The molecule has 0 fully saturated rings. The third-order valence-electron chi connectivity index (χ3n) is 5.67. The minimum atomic E-state index is 0.590. The lowest BCUT2D eigenvalue weighted by Crippen LogP contribution is -2.04. The maximum absolute atomic E-state index is 6.39. The molecule has 10 heteroatoms. The van der Waals surface area contributed by atoms with Gasteiger partial charge < -0.3 is 18.1 Å². The molecule has 1 aromatic carbocycles. The van der Waals surface area contributed by atoms with Crippen molar-refractivity contribution in [2.45, 2.75) is 10.9 Å². The van der Waals surface area contributed by atoms with E-state index in [1.807, 2.05) is 75.4 Å². The van der Waals surface area contributed by atoms with Gasteiger partial charge in [0.15, 0.2) is 16.6 Å². The Morgan fingerprint density at radius 1 is 1.12 bits per heavy atom. The maximum atomic E-state index is 6.39. The normalized spacial score (nSPS) is 11.6. The quantitative estimate of drug-likeness (QED) is 0.282. The monoisotopic (exact) mass is 490 g/mol. The summed E-state index contributed by atoms with van der Waals surface area (Å²) in [5.41, 5.74) is 5.23. The minimum absolute atomic E-state index is 0.590. The number of halogens is 1. The first-order chi connectivity index (χ1) is 16.6. The second-order valence-corrected chi connectivity index (χ2v) is 9.08. The molecule has 0 unspecified atom stereocenters. The number of thioether (sulfide) groups is 1. The number of imidazole rings is 1. The molecule has 34 heavy (non-hydrogen) atoms. The van der Waals surface area contributed by atoms with E-state index >= 15 is 0 Å². The molecular formula is C24H19ClN6O2S. The molecule has 0 radical (unpaired) electrons. The van der Waals surface area contributed by atoms with Crippen LogP contribution in [0.3, 0.4) is 0 Å². The Labute approximate surface area is 203 Å². The van der Waals surface area contributed by atoms with Crippen LogP contribution >= 0.6 is 23.4 Å². The fourth-order valence-corrected chi connectivity index (χ4v) is 5.04. The average Bonchev–Trinajstić information content (AvgIpc) is 3.61. The van der Waals surface area contributed by atoms with Crippen LogP contribution in [0.2, 0.25) is 5.02 Å². The third kappa shape index (κ3) is 3.44. The second kappa shape index (κ2) is 8.27. The van der Waals surface area contributed by atoms with Crippen LogP contribution in [0.4, 0.5) is 0 Å². The van der Waals surface area contributed by atoms with Crippen molar-refractivity contribution in [3.05, 3.63) is 77.9 Å². The van der Waals surface area contributed by atoms with Gasteiger partial charge in [0.05, 0.1) is 36.0 Å². The zero-order valence-corrected chi connectivity index (χ0v) is 19.9. The van der Waals surface area contributed by atoms with E-state index in [1.54, 1.807) is 31.2 Å². The first kappa shape index (κ1) is 20.9. The first-order valence-corrected chi connectivity index (χ1v) is 11.9. The maximum Gasteiger partial charge on any atom is 0.196 e. The van der Waals surface area contributed by atoms with E-state index in [1.165, 1.54) is 0 Å². The SMILES string of the molecule is COc1ccc(Cl)cc1-n1c(SCc2cn3ccccc3n2)nnc1-c1cc2occc2n1C. The molecule has 0 amide bonds. The first-order valence-electron chi connectivity index (χ1n) is 10.5. The molecule has 0 bridgehead atoms. The Morgan fingerprint density at radius 2 is 2.03 bits per heavy atom. The Bertz CT molecular complexity index is 1610. The number of pyridine rings is 1. The van der Waals surface area contributed by atoms with E-state index < -0.39 is 0 Å². The summed E-state index contributed by atoms with van der Waals surface area (Å²) in [6.45, 7) is 0. The van der Waals surface area contributed by atoms with Crippen LogP contribution in [0.1, 0.15) is 5.69 Å². The van der Waals surface area contributed by atoms with Crippen molar-refractivity contribution in [2.24, 2.45) is 7.05 Å². The van der Waals surface area contributed by atoms with Gasteiger partial charge in [-0.2, -0.15) is 0 Å². The van der Waals surface area contributed by atoms with Gasteiger partial charge in [-0.1, -0.05) is 29.4 Å². The number of benzene rings is 1. The summed E-state index contributed by atoms with van der Waals surface area (Å²) in [7, 11) is 3.61. The van der Waals surface area contributed by atoms with Crippen LogP contribution in [0, 0.1) is 0 Å². The van der Waals surface area contributed by atoms with Gasteiger partial charge in [0, 0.05) is 42.3 Å². The Kier molecular flexibility index (Phi) is 5.08. The molecule has 0 aliphatic carbocycles. The van der Waals surface area contributed by atoms with Crippen LogP contribution in [-0.4, -0.2) is 35.8 Å². The molecule has 0 spiro atoms. The van der Waals surface area contributed by atoms with Gasteiger partial charge in [-0.05, 0) is 30.3 Å². The summed E-state index contributed by atoms with van der Waals surface area (Å²) in [6, 6.07) is 15.3. The third-order valence-corrected chi connectivity index (χ3v) is 6.87. The van der Waals surface area contributed by atoms with Crippen molar-refractivity contribution in [1.82, 2.24) is 28.7 Å². The molecule has 6 aromatic rings. The standard InChI is InChI=1S/C24H19ClN6O2S/c1-29-17-8-10-33-21(17)12-19(29)23-27-28-24(31(23)18-11-15(25)6-7-20(18)32-2)34-14-16-13-30-9-4-3-5-22(30)26-16/h3-13H,14H2,1-2H3. The molecule has 0 atom stereocenters. The molecule has 5 aromatic heterocycles. The number of aromatic nitrogens is 6. The van der Waals surface area contributed by atoms with E-state index in [0.29, 0.717) is 27.5 Å². The molecule has 8 nitrogen and oxygen atoms in total. The number of rotatable bonds is 6. The van der Waals surface area contributed by atoms with Crippen molar-refractivity contribution in [3.63, 3.8) is 0 Å². The molecule has 0 saturated carbocycles. The van der Waals surface area contributed by atoms with Crippen molar-refractivity contribution in [2.75, 3.05) is 7.11 Å². The van der Waals surface area contributed by atoms with Crippen molar-refractivity contribution in [3.8, 4) is 23.0 Å². The van der Waals surface area contributed by atoms with E-state index in [-0.39, 0.29) is 0 Å². The summed E-state index contributed by atoms with van der Waals surface area (Å²) in [6.07, 6.45) is 5.68. The highest BCUT2D eigenvalue weighted by atomic mass is 35.5. The number of nitrogens with zero attached hydrogens (tertiary/aromatic N) is 6. The highest BCUT2D eigenvalue weighted by Gasteiger charge is 2.23. The van der Waals surface area contributed by atoms with Gasteiger partial charge in [-0.3, -0.25) is 4.57 Å². The van der Waals surface area contributed by atoms with Gasteiger partial charge in [-0.15, -0.1) is 10.2 Å². The molecule has 5 heterocycles. The van der Waals surface area contributed by atoms with Gasteiger partial charge in [0.1, 0.15) is 11.4 Å². The summed E-state index contributed by atoms with van der Waals surface area (Å²) in [5.74, 6) is 1.95. The molecule has 0 aliphatic heterocycles. The Balaban J connectivity index is 1.47. The second-order valence-electron chi connectivity index (χ2n) is 7.70. The summed E-state index contributed by atoms with van der Waals surface area (Å²) in [4.78, 5) is 4.70. The molecule has 6 rings (SSSR count). The summed E-state index contributed by atoms with van der Waals surface area (Å²) >= 11 is 7.94. The van der Waals surface area contributed by atoms with Crippen LogP contribution in [0.5, 0.6) is 5.75 Å². The van der Waals surface area contributed by atoms with Crippen LogP contribution in [-0.2, 0) is 12.8 Å². The van der Waals surface area contributed by atoms with E-state index in [9.17, 15) is 0 Å². The highest BCUT2D eigenvalue weighted by Crippen LogP contribution is 2.36. The minimum Gasteiger partial charge on any atom is -0.495 e. The van der Waals surface area contributed by atoms with Crippen molar-refractivity contribution >= 4 is 40.1 Å². The lowest BCUT2D eigenvalue weighted by molar-refractivity contribution is 0.412. The predicted molar refractivity (Wildman–Crippen MR) is 132 cm³/mol. The van der Waals surface area contributed by atoms with E-state index in [4.69, 9.17) is 25.7 Å². The topological polar surface area (TPSA) is 75.3 Å². The average molecular weight is 491 g/mol. The largest absolute Gasteiger partial charge is 0.495 e. The zero-order valence-electron chi connectivity index (χ0n) is 18.3.